The zero-order valence-electron chi connectivity index (χ0n) is 20.8. The number of amides is 3. The monoisotopic (exact) mass is 523 g/mol. The number of nitrogens with zero attached hydrogens (tertiary/aromatic N) is 3. The van der Waals surface area contributed by atoms with Crippen LogP contribution in [0.1, 0.15) is 53.5 Å². The molecule has 2 N–H and O–H groups in total. The van der Waals surface area contributed by atoms with Gasteiger partial charge in [-0.15, -0.1) is 0 Å². The SMILES string of the molecule is CCC1c2n[nH]c(=O)cc2CC(C)N1C(=O)Nc1cc(Cl)c(-c2ccc3c(c2)CCN(C)C3=O)cc1F. The van der Waals surface area contributed by atoms with Crippen molar-refractivity contribution in [2.24, 2.45) is 0 Å². The van der Waals surface area contributed by atoms with Crippen molar-refractivity contribution in [3.05, 3.63) is 80.0 Å². The van der Waals surface area contributed by atoms with Crippen LogP contribution in [-0.4, -0.2) is 51.6 Å². The number of anilines is 1. The van der Waals surface area contributed by atoms with Crippen molar-refractivity contribution in [1.82, 2.24) is 20.0 Å². The zero-order chi connectivity index (χ0) is 26.4. The van der Waals surface area contributed by atoms with E-state index < -0.39 is 11.8 Å². The Hall–Kier alpha value is -3.72. The summed E-state index contributed by atoms with van der Waals surface area (Å²) in [6, 6.07) is 8.52. The average Bonchev–Trinajstić information content (AvgIpc) is 2.87. The van der Waals surface area contributed by atoms with Crippen molar-refractivity contribution in [1.29, 1.82) is 0 Å². The first-order valence-corrected chi connectivity index (χ1v) is 12.6. The standard InChI is InChI=1S/C27H27ClFN5O3/c1-4-23-25-17(11-24(35)31-32-25)9-14(2)34(23)27(37)30-22-13-20(28)19(12-21(22)29)15-5-6-18-16(10-15)7-8-33(3)26(18)36/h5-6,10-14,23H,4,7-9H2,1-3H3,(H,30,37)(H,31,35). The predicted octanol–water partition coefficient (Wildman–Crippen LogP) is 4.79. The third kappa shape index (κ3) is 4.48. The van der Waals surface area contributed by atoms with E-state index in [2.05, 4.69) is 15.5 Å². The van der Waals surface area contributed by atoms with Gasteiger partial charge in [0.15, 0.2) is 0 Å². The maximum Gasteiger partial charge on any atom is 0.322 e. The van der Waals surface area contributed by atoms with Crippen LogP contribution < -0.4 is 10.9 Å². The molecule has 3 heterocycles. The molecular weight excluding hydrogens is 497 g/mol. The minimum absolute atomic E-state index is 0.0317. The normalized spacial score (nSPS) is 18.9. The maximum absolute atomic E-state index is 15.3. The highest BCUT2D eigenvalue weighted by molar-refractivity contribution is 6.33. The van der Waals surface area contributed by atoms with Crippen molar-refractivity contribution in [2.75, 3.05) is 18.9 Å². The lowest BCUT2D eigenvalue weighted by Gasteiger charge is -2.40. The second-order valence-electron chi connectivity index (χ2n) is 9.62. The maximum atomic E-state index is 15.3. The van der Waals surface area contributed by atoms with E-state index in [0.717, 1.165) is 11.1 Å². The van der Waals surface area contributed by atoms with Crippen LogP contribution in [0.3, 0.4) is 0 Å². The Bertz CT molecular complexity index is 1470. The molecule has 10 heteroatoms. The first kappa shape index (κ1) is 25.0. The number of likely N-dealkylation sites (N-methyl/N-ethyl adjacent to an activating group) is 1. The number of urea groups is 1. The van der Waals surface area contributed by atoms with Crippen molar-refractivity contribution in [2.45, 2.75) is 45.2 Å². The molecule has 37 heavy (non-hydrogen) atoms. The molecule has 0 aliphatic carbocycles. The van der Waals surface area contributed by atoms with Crippen molar-refractivity contribution in [3.8, 4) is 11.1 Å². The van der Waals surface area contributed by atoms with E-state index in [-0.39, 0.29) is 34.3 Å². The summed E-state index contributed by atoms with van der Waals surface area (Å²) in [7, 11) is 1.77. The minimum atomic E-state index is -0.623. The van der Waals surface area contributed by atoms with Gasteiger partial charge in [-0.05, 0) is 61.1 Å². The van der Waals surface area contributed by atoms with Gasteiger partial charge in [-0.3, -0.25) is 9.59 Å². The Morgan fingerprint density at radius 1 is 1.19 bits per heavy atom. The first-order valence-electron chi connectivity index (χ1n) is 12.2. The van der Waals surface area contributed by atoms with Crippen LogP contribution in [0.4, 0.5) is 14.9 Å². The molecule has 2 unspecified atom stereocenters. The van der Waals surface area contributed by atoms with Gasteiger partial charge >= 0.3 is 6.03 Å². The molecule has 5 rings (SSSR count). The molecule has 3 aromatic rings. The molecule has 3 amide bonds. The molecule has 0 spiro atoms. The third-order valence-electron chi connectivity index (χ3n) is 7.19. The van der Waals surface area contributed by atoms with Crippen molar-refractivity contribution >= 4 is 29.2 Å². The number of hydrogen-bond acceptors (Lipinski definition) is 4. The Morgan fingerprint density at radius 2 is 1.97 bits per heavy atom. The summed E-state index contributed by atoms with van der Waals surface area (Å²) in [5.41, 5.74) is 3.85. The average molecular weight is 524 g/mol. The fourth-order valence-electron chi connectivity index (χ4n) is 5.31. The summed E-state index contributed by atoms with van der Waals surface area (Å²) in [5, 5.41) is 9.58. The number of carbonyl (C=O) groups excluding carboxylic acids is 2. The van der Waals surface area contributed by atoms with Gasteiger partial charge in [0.05, 0.1) is 22.4 Å². The number of halogens is 2. The summed E-state index contributed by atoms with van der Waals surface area (Å²) in [4.78, 5) is 40.7. The Kier molecular flexibility index (Phi) is 6.49. The Morgan fingerprint density at radius 3 is 2.73 bits per heavy atom. The van der Waals surface area contributed by atoms with Crippen LogP contribution >= 0.6 is 11.6 Å². The smallest absolute Gasteiger partial charge is 0.322 e. The van der Waals surface area contributed by atoms with E-state index in [1.807, 2.05) is 19.9 Å². The molecule has 2 atom stereocenters. The van der Waals surface area contributed by atoms with E-state index >= 15 is 4.39 Å². The third-order valence-corrected chi connectivity index (χ3v) is 7.50. The topological polar surface area (TPSA) is 98.4 Å². The first-order chi connectivity index (χ1) is 17.7. The van der Waals surface area contributed by atoms with Gasteiger partial charge in [-0.25, -0.2) is 14.3 Å². The van der Waals surface area contributed by atoms with Gasteiger partial charge in [-0.1, -0.05) is 30.7 Å². The largest absolute Gasteiger partial charge is 0.341 e. The van der Waals surface area contributed by atoms with Crippen LogP contribution in [-0.2, 0) is 12.8 Å². The van der Waals surface area contributed by atoms with E-state index in [4.69, 9.17) is 11.6 Å². The second kappa shape index (κ2) is 9.63. The molecule has 2 aliphatic rings. The Balaban J connectivity index is 1.41. The van der Waals surface area contributed by atoms with Crippen molar-refractivity contribution in [3.63, 3.8) is 0 Å². The van der Waals surface area contributed by atoms with Crippen LogP contribution in [0, 0.1) is 5.82 Å². The number of benzene rings is 2. The molecule has 0 saturated carbocycles. The number of fused-ring (bicyclic) bond motifs is 2. The van der Waals surface area contributed by atoms with Gasteiger partial charge in [0.1, 0.15) is 5.82 Å². The fraction of sp³-hybridized carbons (Fsp3) is 0.333. The lowest BCUT2D eigenvalue weighted by atomic mass is 9.92. The van der Waals surface area contributed by atoms with E-state index in [1.54, 1.807) is 29.0 Å². The highest BCUT2D eigenvalue weighted by Gasteiger charge is 2.36. The van der Waals surface area contributed by atoms with Gasteiger partial charge in [0.2, 0.25) is 0 Å². The van der Waals surface area contributed by atoms with Crippen LogP contribution in [0.2, 0.25) is 5.02 Å². The summed E-state index contributed by atoms with van der Waals surface area (Å²) in [6.45, 7) is 4.43. The van der Waals surface area contributed by atoms with Crippen LogP contribution in [0.5, 0.6) is 0 Å². The molecule has 0 saturated heterocycles. The molecule has 0 bridgehead atoms. The van der Waals surface area contributed by atoms with Crippen LogP contribution in [0.15, 0.2) is 41.2 Å². The van der Waals surface area contributed by atoms with E-state index in [9.17, 15) is 14.4 Å². The predicted molar refractivity (Wildman–Crippen MR) is 139 cm³/mol. The van der Waals surface area contributed by atoms with E-state index in [1.165, 1.54) is 18.2 Å². The molecule has 192 valence electrons. The molecule has 0 radical (unpaired) electrons. The molecular formula is C27H27ClFN5O3. The quantitative estimate of drug-likeness (QED) is 0.516. The highest BCUT2D eigenvalue weighted by Crippen LogP contribution is 2.36. The second-order valence-corrected chi connectivity index (χ2v) is 10.0. The van der Waals surface area contributed by atoms with E-state index in [0.29, 0.717) is 48.2 Å². The summed E-state index contributed by atoms with van der Waals surface area (Å²) in [6.07, 6.45) is 1.75. The molecule has 0 fully saturated rings. The zero-order valence-corrected chi connectivity index (χ0v) is 21.5. The number of hydrogen-bond donors (Lipinski definition) is 2. The lowest BCUT2D eigenvalue weighted by molar-refractivity contribution is 0.0781. The van der Waals surface area contributed by atoms with Gasteiger partial charge in [0, 0.05) is 36.8 Å². The van der Waals surface area contributed by atoms with Gasteiger partial charge in [0.25, 0.3) is 11.5 Å². The van der Waals surface area contributed by atoms with Gasteiger partial charge in [-0.2, -0.15) is 5.10 Å². The highest BCUT2D eigenvalue weighted by atomic mass is 35.5. The summed E-state index contributed by atoms with van der Waals surface area (Å²) < 4.78 is 15.3. The summed E-state index contributed by atoms with van der Waals surface area (Å²) in [5.74, 6) is -0.661. The summed E-state index contributed by atoms with van der Waals surface area (Å²) >= 11 is 6.56. The molecule has 1 aromatic heterocycles. The van der Waals surface area contributed by atoms with Crippen molar-refractivity contribution < 1.29 is 14.0 Å². The number of rotatable bonds is 3. The fourth-order valence-corrected chi connectivity index (χ4v) is 5.58. The van der Waals surface area contributed by atoms with Crippen LogP contribution in [0.25, 0.3) is 11.1 Å². The number of carbonyl (C=O) groups is 2. The minimum Gasteiger partial charge on any atom is -0.341 e. The number of aromatic amines is 1. The number of H-pyrrole nitrogens is 1. The lowest BCUT2D eigenvalue weighted by Crippen LogP contribution is -2.48. The Labute approximate surface area is 218 Å². The number of nitrogens with one attached hydrogen (secondary N) is 2. The molecule has 2 aliphatic heterocycles. The van der Waals surface area contributed by atoms with Gasteiger partial charge < -0.3 is 15.1 Å². The molecule has 8 nitrogen and oxygen atoms in total. The number of aromatic nitrogens is 2. The molecule has 2 aromatic carbocycles.